The normalized spacial score (nSPS) is 15.4. The number of amides is 2. The third kappa shape index (κ3) is 4.06. The van der Waals surface area contributed by atoms with Gasteiger partial charge in [-0.1, -0.05) is 12.1 Å². The van der Waals surface area contributed by atoms with Crippen LogP contribution in [-0.4, -0.2) is 33.7 Å². The molecule has 160 valence electrons. The molecule has 3 aromatic rings. The highest BCUT2D eigenvalue weighted by Crippen LogP contribution is 2.35. The second kappa shape index (κ2) is 7.74. The number of benzene rings is 2. The minimum absolute atomic E-state index is 0.157. The molecule has 0 radical (unpaired) electrons. The Morgan fingerprint density at radius 2 is 1.90 bits per heavy atom. The van der Waals surface area contributed by atoms with Crippen LogP contribution in [0, 0.1) is 0 Å². The molecule has 2 amide bonds. The first-order chi connectivity index (χ1) is 14.8. The quantitative estimate of drug-likeness (QED) is 0.645. The first kappa shape index (κ1) is 20.4. The average molecular weight is 431 g/mol. The maximum absolute atomic E-state index is 13.1. The molecular weight excluding hydrogens is 415 g/mol. The summed E-state index contributed by atoms with van der Waals surface area (Å²) in [6, 6.07) is 10.5. The Balaban J connectivity index is 1.52. The van der Waals surface area contributed by atoms with Crippen LogP contribution in [0.3, 0.4) is 0 Å². The molecule has 2 aromatic carbocycles. The fourth-order valence-corrected chi connectivity index (χ4v) is 3.19. The van der Waals surface area contributed by atoms with E-state index in [2.05, 4.69) is 20.7 Å². The second-order valence-corrected chi connectivity index (χ2v) is 6.73. The molecule has 1 aliphatic rings. The number of rotatable bonds is 5. The van der Waals surface area contributed by atoms with Gasteiger partial charge >= 0.3 is 6.18 Å². The summed E-state index contributed by atoms with van der Waals surface area (Å²) in [7, 11) is 1.54. The molecule has 2 heterocycles. The number of carbonyl (C=O) groups is 2. The van der Waals surface area contributed by atoms with E-state index in [1.165, 1.54) is 23.9 Å². The van der Waals surface area contributed by atoms with Gasteiger partial charge in [0.15, 0.2) is 5.82 Å². The largest absolute Gasteiger partial charge is 0.497 e. The molecule has 2 N–H and O–H groups in total. The number of nitrogens with zero attached hydrogens (tertiary/aromatic N) is 3. The molecule has 8 nitrogen and oxygen atoms in total. The van der Waals surface area contributed by atoms with Gasteiger partial charge in [-0.3, -0.25) is 14.9 Å². The molecular formula is C20H16F3N5O3. The predicted molar refractivity (Wildman–Crippen MR) is 104 cm³/mol. The van der Waals surface area contributed by atoms with Gasteiger partial charge in [0, 0.05) is 5.56 Å². The van der Waals surface area contributed by atoms with Crippen molar-refractivity contribution in [3.05, 3.63) is 54.1 Å². The smallest absolute Gasteiger partial charge is 0.418 e. The molecule has 4 rings (SSSR count). The number of ether oxygens (including phenoxy) is 1. The molecule has 0 aliphatic carbocycles. The maximum Gasteiger partial charge on any atom is 0.418 e. The molecule has 1 aliphatic heterocycles. The molecule has 0 saturated carbocycles. The van der Waals surface area contributed by atoms with Gasteiger partial charge in [0.2, 0.25) is 11.9 Å². The van der Waals surface area contributed by atoms with Crippen LogP contribution < -0.4 is 15.4 Å². The van der Waals surface area contributed by atoms with Crippen LogP contribution in [0.15, 0.2) is 48.5 Å². The molecule has 0 spiro atoms. The van der Waals surface area contributed by atoms with E-state index in [-0.39, 0.29) is 11.6 Å². The molecule has 11 heteroatoms. The third-order valence-corrected chi connectivity index (χ3v) is 4.70. The van der Waals surface area contributed by atoms with Crippen molar-refractivity contribution in [3.8, 4) is 17.1 Å². The van der Waals surface area contributed by atoms with Crippen LogP contribution >= 0.6 is 0 Å². The Kier molecular flexibility index (Phi) is 5.09. The topological polar surface area (TPSA) is 98.1 Å². The van der Waals surface area contributed by atoms with Gasteiger partial charge < -0.3 is 10.1 Å². The van der Waals surface area contributed by atoms with Gasteiger partial charge in [-0.25, -0.2) is 4.68 Å². The van der Waals surface area contributed by atoms with Crippen molar-refractivity contribution in [1.29, 1.82) is 0 Å². The lowest BCUT2D eigenvalue weighted by Gasteiger charge is -2.14. The molecule has 0 saturated heterocycles. The van der Waals surface area contributed by atoms with Crippen molar-refractivity contribution in [2.24, 2.45) is 0 Å². The van der Waals surface area contributed by atoms with E-state index in [0.717, 1.165) is 12.1 Å². The van der Waals surface area contributed by atoms with Crippen molar-refractivity contribution in [2.75, 3.05) is 17.7 Å². The van der Waals surface area contributed by atoms with E-state index in [0.29, 0.717) is 17.1 Å². The summed E-state index contributed by atoms with van der Waals surface area (Å²) >= 11 is 0. The predicted octanol–water partition coefficient (Wildman–Crippen LogP) is 3.49. The second-order valence-electron chi connectivity index (χ2n) is 6.73. The molecule has 0 fully saturated rings. The molecule has 0 bridgehead atoms. The zero-order chi connectivity index (χ0) is 22.2. The van der Waals surface area contributed by atoms with Crippen molar-refractivity contribution >= 4 is 23.5 Å². The number of hydrogen-bond donors (Lipinski definition) is 2. The number of para-hydroxylation sites is 1. The van der Waals surface area contributed by atoms with Gasteiger partial charge in [0.05, 0.1) is 24.8 Å². The van der Waals surface area contributed by atoms with Crippen LogP contribution in [0.25, 0.3) is 11.4 Å². The van der Waals surface area contributed by atoms with Crippen LogP contribution in [0.2, 0.25) is 0 Å². The summed E-state index contributed by atoms with van der Waals surface area (Å²) in [5.74, 6) is -0.144. The number of aromatic nitrogens is 3. The van der Waals surface area contributed by atoms with Crippen molar-refractivity contribution in [2.45, 2.75) is 18.6 Å². The van der Waals surface area contributed by atoms with Crippen molar-refractivity contribution < 1.29 is 27.5 Å². The summed E-state index contributed by atoms with van der Waals surface area (Å²) in [6.07, 6.45) is -5.03. The number of halogens is 3. The highest BCUT2D eigenvalue weighted by molar-refractivity contribution is 6.01. The van der Waals surface area contributed by atoms with E-state index in [1.807, 2.05) is 0 Å². The Morgan fingerprint density at radius 1 is 1.19 bits per heavy atom. The minimum Gasteiger partial charge on any atom is -0.497 e. The number of hydrogen-bond acceptors (Lipinski definition) is 5. The maximum atomic E-state index is 13.1. The molecule has 31 heavy (non-hydrogen) atoms. The van der Waals surface area contributed by atoms with Crippen LogP contribution in [-0.2, 0) is 15.8 Å². The third-order valence-electron chi connectivity index (χ3n) is 4.70. The number of fused-ring (bicyclic) bond motifs is 1. The van der Waals surface area contributed by atoms with Crippen molar-refractivity contribution in [3.63, 3.8) is 0 Å². The van der Waals surface area contributed by atoms with E-state index in [1.54, 1.807) is 24.3 Å². The standard InChI is InChI=1S/C20H16F3N5O3/c1-31-12-8-6-11(7-9-12)17-25-19-26-18(30)15(28(19)27-17)10-16(29)24-14-5-3-2-4-13(14)20(21,22)23/h2-9,15H,10H2,1H3,(H,24,29)(H,25,26,27,30)/t15-/m0/s1. The summed E-state index contributed by atoms with van der Waals surface area (Å²) in [4.78, 5) is 28.9. The number of anilines is 2. The molecule has 1 atom stereocenters. The summed E-state index contributed by atoms with van der Waals surface area (Å²) < 4.78 is 45.7. The lowest BCUT2D eigenvalue weighted by Crippen LogP contribution is -2.24. The zero-order valence-corrected chi connectivity index (χ0v) is 16.1. The average Bonchev–Trinajstić information content (AvgIpc) is 3.26. The Hall–Kier alpha value is -3.89. The van der Waals surface area contributed by atoms with E-state index < -0.39 is 36.0 Å². The first-order valence-corrected chi connectivity index (χ1v) is 9.14. The lowest BCUT2D eigenvalue weighted by atomic mass is 10.1. The summed E-state index contributed by atoms with van der Waals surface area (Å²) in [5, 5.41) is 9.05. The Labute approximate surface area is 174 Å². The van der Waals surface area contributed by atoms with Gasteiger partial charge in [0.25, 0.3) is 5.91 Å². The number of methoxy groups -OCH3 is 1. The van der Waals surface area contributed by atoms with Crippen LogP contribution in [0.1, 0.15) is 18.0 Å². The fourth-order valence-electron chi connectivity index (χ4n) is 3.19. The lowest BCUT2D eigenvalue weighted by molar-refractivity contribution is -0.137. The van der Waals surface area contributed by atoms with Gasteiger partial charge in [-0.05, 0) is 36.4 Å². The number of carbonyl (C=O) groups excluding carboxylic acids is 2. The summed E-state index contributed by atoms with van der Waals surface area (Å²) in [6.45, 7) is 0. The highest BCUT2D eigenvalue weighted by atomic mass is 19.4. The number of alkyl halides is 3. The van der Waals surface area contributed by atoms with Crippen LogP contribution in [0.5, 0.6) is 5.75 Å². The summed E-state index contributed by atoms with van der Waals surface area (Å²) in [5.41, 5.74) is -0.683. The van der Waals surface area contributed by atoms with Gasteiger partial charge in [-0.15, -0.1) is 5.10 Å². The van der Waals surface area contributed by atoms with Crippen molar-refractivity contribution in [1.82, 2.24) is 14.8 Å². The first-order valence-electron chi connectivity index (χ1n) is 9.14. The van der Waals surface area contributed by atoms with Gasteiger partial charge in [0.1, 0.15) is 11.8 Å². The van der Waals surface area contributed by atoms with E-state index >= 15 is 0 Å². The van der Waals surface area contributed by atoms with Gasteiger partial charge in [-0.2, -0.15) is 18.2 Å². The highest BCUT2D eigenvalue weighted by Gasteiger charge is 2.37. The monoisotopic (exact) mass is 431 g/mol. The van der Waals surface area contributed by atoms with Crippen LogP contribution in [0.4, 0.5) is 24.8 Å². The Morgan fingerprint density at radius 3 is 2.58 bits per heavy atom. The molecule has 1 aromatic heterocycles. The van der Waals surface area contributed by atoms with E-state index in [9.17, 15) is 22.8 Å². The molecule has 0 unspecified atom stereocenters. The minimum atomic E-state index is -4.62. The fraction of sp³-hybridized carbons (Fsp3) is 0.200. The number of nitrogens with one attached hydrogen (secondary N) is 2. The zero-order valence-electron chi connectivity index (χ0n) is 16.1. The van der Waals surface area contributed by atoms with E-state index in [4.69, 9.17) is 4.74 Å². The SMILES string of the molecule is COc1ccc(-c2nc3n(n2)[C@@H](CC(=O)Nc2ccccc2C(F)(F)F)C(=O)N3)cc1. The Bertz CT molecular complexity index is 1140.